The first-order valence-corrected chi connectivity index (χ1v) is 7.09. The summed E-state index contributed by atoms with van der Waals surface area (Å²) in [7, 11) is 0. The smallest absolute Gasteiger partial charge is 0.406 e. The molecule has 1 amide bonds. The number of alkyl halides is 3. The first-order chi connectivity index (χ1) is 12.2. The number of halogens is 4. The SMILES string of the molecule is O=C(COc1ccc([N+](=O)[O-])cc1F)N(Cc1ccco1)CC(F)(F)F. The zero-order valence-corrected chi connectivity index (χ0v) is 13.0. The summed E-state index contributed by atoms with van der Waals surface area (Å²) < 4.78 is 61.4. The summed E-state index contributed by atoms with van der Waals surface area (Å²) in [5, 5.41) is 10.5. The number of rotatable bonds is 7. The minimum Gasteiger partial charge on any atom is -0.481 e. The standard InChI is InChI=1S/C15H12F4N2O5/c16-12-6-10(21(23)24)3-4-13(12)26-8-14(22)20(9-15(17,18)19)7-11-2-1-5-25-11/h1-6H,7-9H2. The van der Waals surface area contributed by atoms with Crippen molar-refractivity contribution >= 4 is 11.6 Å². The first-order valence-electron chi connectivity index (χ1n) is 7.09. The second kappa shape index (κ2) is 7.85. The summed E-state index contributed by atoms with van der Waals surface area (Å²) >= 11 is 0. The van der Waals surface area contributed by atoms with Gasteiger partial charge in [0.05, 0.1) is 23.8 Å². The van der Waals surface area contributed by atoms with Gasteiger partial charge in [0.2, 0.25) is 0 Å². The molecular formula is C15H12F4N2O5. The van der Waals surface area contributed by atoms with E-state index < -0.39 is 54.0 Å². The molecule has 0 saturated carbocycles. The summed E-state index contributed by atoms with van der Waals surface area (Å²) in [6.07, 6.45) is -3.41. The fraction of sp³-hybridized carbons (Fsp3) is 0.267. The van der Waals surface area contributed by atoms with Crippen LogP contribution >= 0.6 is 0 Å². The number of ether oxygens (including phenoxy) is 1. The van der Waals surface area contributed by atoms with Crippen molar-refractivity contribution in [2.24, 2.45) is 0 Å². The molecule has 0 saturated heterocycles. The van der Waals surface area contributed by atoms with Crippen LogP contribution in [0.15, 0.2) is 41.0 Å². The van der Waals surface area contributed by atoms with E-state index in [1.807, 2.05) is 0 Å². The summed E-state index contributed by atoms with van der Waals surface area (Å²) in [5.74, 6) is -2.53. The van der Waals surface area contributed by atoms with E-state index in [0.29, 0.717) is 11.0 Å². The van der Waals surface area contributed by atoms with Crippen LogP contribution in [-0.2, 0) is 11.3 Å². The third-order valence-corrected chi connectivity index (χ3v) is 3.13. The molecule has 2 aromatic rings. The van der Waals surface area contributed by atoms with Gasteiger partial charge in [0.1, 0.15) is 12.3 Å². The third-order valence-electron chi connectivity index (χ3n) is 3.13. The van der Waals surface area contributed by atoms with Crippen LogP contribution in [0.5, 0.6) is 5.75 Å². The van der Waals surface area contributed by atoms with Gasteiger partial charge in [-0.3, -0.25) is 14.9 Å². The molecular weight excluding hydrogens is 364 g/mol. The van der Waals surface area contributed by atoms with Crippen LogP contribution in [-0.4, -0.2) is 35.1 Å². The van der Waals surface area contributed by atoms with Crippen molar-refractivity contribution in [2.75, 3.05) is 13.2 Å². The fourth-order valence-electron chi connectivity index (χ4n) is 1.99. The quantitative estimate of drug-likeness (QED) is 0.421. The Kier molecular flexibility index (Phi) is 5.80. The molecule has 26 heavy (non-hydrogen) atoms. The van der Waals surface area contributed by atoms with Gasteiger partial charge in [0.25, 0.3) is 11.6 Å². The Labute approximate surface area is 143 Å². The van der Waals surface area contributed by atoms with Crippen LogP contribution in [0.2, 0.25) is 0 Å². The number of hydrogen-bond donors (Lipinski definition) is 0. The molecule has 0 radical (unpaired) electrons. The van der Waals surface area contributed by atoms with Crippen LogP contribution in [0.1, 0.15) is 5.76 Å². The summed E-state index contributed by atoms with van der Waals surface area (Å²) in [4.78, 5) is 22.2. The maximum absolute atomic E-state index is 13.7. The molecule has 0 fully saturated rings. The first kappa shape index (κ1) is 19.2. The van der Waals surface area contributed by atoms with Crippen molar-refractivity contribution < 1.29 is 36.4 Å². The highest BCUT2D eigenvalue weighted by molar-refractivity contribution is 5.77. The monoisotopic (exact) mass is 376 g/mol. The van der Waals surface area contributed by atoms with Crippen molar-refractivity contribution in [3.8, 4) is 5.75 Å². The van der Waals surface area contributed by atoms with E-state index in [0.717, 1.165) is 12.1 Å². The van der Waals surface area contributed by atoms with Gasteiger partial charge in [-0.2, -0.15) is 13.2 Å². The van der Waals surface area contributed by atoms with Gasteiger partial charge >= 0.3 is 6.18 Å². The molecule has 0 aliphatic heterocycles. The lowest BCUT2D eigenvalue weighted by Gasteiger charge is -2.23. The lowest BCUT2D eigenvalue weighted by atomic mass is 10.3. The van der Waals surface area contributed by atoms with Crippen molar-refractivity contribution in [2.45, 2.75) is 12.7 Å². The second-order valence-electron chi connectivity index (χ2n) is 5.10. The Hall–Kier alpha value is -3.11. The molecule has 1 aromatic carbocycles. The fourth-order valence-corrected chi connectivity index (χ4v) is 1.99. The molecule has 2 rings (SSSR count). The number of carbonyl (C=O) groups excluding carboxylic acids is 1. The molecule has 11 heteroatoms. The van der Waals surface area contributed by atoms with Gasteiger partial charge in [-0.05, 0) is 18.2 Å². The van der Waals surface area contributed by atoms with Gasteiger partial charge in [0, 0.05) is 6.07 Å². The highest BCUT2D eigenvalue weighted by Gasteiger charge is 2.33. The topological polar surface area (TPSA) is 85.8 Å². The van der Waals surface area contributed by atoms with Gasteiger partial charge in [-0.15, -0.1) is 0 Å². The lowest BCUT2D eigenvalue weighted by Crippen LogP contribution is -2.40. The number of benzene rings is 1. The molecule has 7 nitrogen and oxygen atoms in total. The molecule has 0 atom stereocenters. The zero-order chi connectivity index (χ0) is 19.3. The maximum Gasteiger partial charge on any atom is 0.406 e. The Morgan fingerprint density at radius 1 is 1.31 bits per heavy atom. The molecule has 0 unspecified atom stereocenters. The summed E-state index contributed by atoms with van der Waals surface area (Å²) in [5.41, 5.74) is -0.530. The average molecular weight is 376 g/mol. The van der Waals surface area contributed by atoms with E-state index >= 15 is 0 Å². The summed E-state index contributed by atoms with van der Waals surface area (Å²) in [6, 6.07) is 5.29. The van der Waals surface area contributed by atoms with E-state index in [9.17, 15) is 32.5 Å². The van der Waals surface area contributed by atoms with E-state index in [2.05, 4.69) is 0 Å². The molecule has 0 aliphatic rings. The molecule has 1 heterocycles. The number of non-ortho nitro benzene ring substituents is 1. The zero-order valence-electron chi connectivity index (χ0n) is 13.0. The van der Waals surface area contributed by atoms with Gasteiger partial charge < -0.3 is 14.1 Å². The Morgan fingerprint density at radius 3 is 2.58 bits per heavy atom. The number of hydrogen-bond acceptors (Lipinski definition) is 5. The highest BCUT2D eigenvalue weighted by Crippen LogP contribution is 2.23. The van der Waals surface area contributed by atoms with Crippen LogP contribution in [0, 0.1) is 15.9 Å². The number of nitro groups is 1. The largest absolute Gasteiger partial charge is 0.481 e. The molecule has 0 bridgehead atoms. The molecule has 140 valence electrons. The van der Waals surface area contributed by atoms with Crippen molar-refractivity contribution in [1.82, 2.24) is 4.90 Å². The Bertz CT molecular complexity index is 777. The maximum atomic E-state index is 13.7. The summed E-state index contributed by atoms with van der Waals surface area (Å²) in [6.45, 7) is -2.87. The predicted molar refractivity (Wildman–Crippen MR) is 78.7 cm³/mol. The van der Waals surface area contributed by atoms with Crippen LogP contribution in [0.3, 0.4) is 0 Å². The van der Waals surface area contributed by atoms with Crippen LogP contribution in [0.4, 0.5) is 23.2 Å². The van der Waals surface area contributed by atoms with Crippen molar-refractivity contribution in [3.05, 3.63) is 58.3 Å². The predicted octanol–water partition coefficient (Wildman–Crippen LogP) is 3.30. The average Bonchev–Trinajstić information content (AvgIpc) is 3.04. The normalized spacial score (nSPS) is 11.2. The third kappa shape index (κ3) is 5.46. The van der Waals surface area contributed by atoms with E-state index in [4.69, 9.17) is 9.15 Å². The molecule has 0 aliphatic carbocycles. The van der Waals surface area contributed by atoms with E-state index in [1.54, 1.807) is 0 Å². The lowest BCUT2D eigenvalue weighted by molar-refractivity contribution is -0.385. The number of amides is 1. The minimum atomic E-state index is -4.65. The Morgan fingerprint density at radius 2 is 2.04 bits per heavy atom. The number of carbonyl (C=O) groups is 1. The number of furan rings is 1. The highest BCUT2D eigenvalue weighted by atomic mass is 19.4. The van der Waals surface area contributed by atoms with Gasteiger partial charge in [-0.1, -0.05) is 0 Å². The minimum absolute atomic E-state index is 0.129. The van der Waals surface area contributed by atoms with Crippen LogP contribution < -0.4 is 4.74 Å². The number of nitro benzene ring substituents is 1. The second-order valence-corrected chi connectivity index (χ2v) is 5.10. The molecule has 1 aromatic heterocycles. The Balaban J connectivity index is 2.05. The van der Waals surface area contributed by atoms with Crippen molar-refractivity contribution in [1.29, 1.82) is 0 Å². The van der Waals surface area contributed by atoms with E-state index in [-0.39, 0.29) is 5.76 Å². The van der Waals surface area contributed by atoms with Gasteiger partial charge in [0.15, 0.2) is 18.2 Å². The van der Waals surface area contributed by atoms with E-state index in [1.165, 1.54) is 18.4 Å². The molecule has 0 spiro atoms. The number of nitrogens with zero attached hydrogens (tertiary/aromatic N) is 2. The molecule has 0 N–H and O–H groups in total. The van der Waals surface area contributed by atoms with Crippen LogP contribution in [0.25, 0.3) is 0 Å². The van der Waals surface area contributed by atoms with Crippen molar-refractivity contribution in [3.63, 3.8) is 0 Å². The van der Waals surface area contributed by atoms with Gasteiger partial charge in [-0.25, -0.2) is 4.39 Å².